The van der Waals surface area contributed by atoms with Crippen LogP contribution in [-0.2, 0) is 13.2 Å². The molecule has 2 fully saturated rings. The fourth-order valence-electron chi connectivity index (χ4n) is 6.43. The van der Waals surface area contributed by atoms with Crippen LogP contribution in [0.3, 0.4) is 0 Å². The lowest BCUT2D eigenvalue weighted by molar-refractivity contribution is 0.191. The van der Waals surface area contributed by atoms with E-state index in [2.05, 4.69) is 46.7 Å². The Morgan fingerprint density at radius 2 is 1.56 bits per heavy atom. The average molecular weight is 553 g/mol. The number of benzene rings is 2. The first kappa shape index (κ1) is 28.3. The summed E-state index contributed by atoms with van der Waals surface area (Å²) in [7, 11) is 4.48. The number of likely N-dealkylation sites (tertiary alicyclic amines) is 2. The highest BCUT2D eigenvalue weighted by atomic mass is 35.5. The van der Waals surface area contributed by atoms with Gasteiger partial charge in [-0.25, -0.2) is 4.98 Å². The van der Waals surface area contributed by atoms with E-state index in [1.807, 2.05) is 24.3 Å². The summed E-state index contributed by atoms with van der Waals surface area (Å²) in [6.07, 6.45) is 10.0. The van der Waals surface area contributed by atoms with Crippen molar-refractivity contribution < 1.29 is 9.47 Å². The van der Waals surface area contributed by atoms with Crippen molar-refractivity contribution in [1.82, 2.24) is 19.4 Å². The van der Waals surface area contributed by atoms with Gasteiger partial charge < -0.3 is 23.8 Å². The molecule has 2 aliphatic heterocycles. The van der Waals surface area contributed by atoms with Crippen molar-refractivity contribution in [2.45, 2.75) is 64.5 Å². The van der Waals surface area contributed by atoms with Gasteiger partial charge in [-0.3, -0.25) is 0 Å². The van der Waals surface area contributed by atoms with Gasteiger partial charge in [0.1, 0.15) is 29.4 Å². The van der Waals surface area contributed by atoms with Crippen LogP contribution in [0.2, 0.25) is 5.02 Å². The number of halogens is 1. The molecule has 3 aromatic rings. The number of hydrogen-bond donors (Lipinski definition) is 0. The summed E-state index contributed by atoms with van der Waals surface area (Å²) in [6, 6.07) is 13.9. The molecule has 1 aromatic heterocycles. The number of fused-ring (bicyclic) bond motifs is 1. The number of nitrogens with zero attached hydrogens (tertiary/aromatic N) is 4. The smallest absolute Gasteiger partial charge is 0.148 e. The van der Waals surface area contributed by atoms with Crippen molar-refractivity contribution in [3.8, 4) is 11.5 Å². The molecular formula is C32H45ClN4O2. The summed E-state index contributed by atoms with van der Waals surface area (Å²) in [5, 5.41) is 0.709. The Kier molecular flexibility index (Phi) is 10.0. The van der Waals surface area contributed by atoms with E-state index < -0.39 is 0 Å². The molecule has 2 atom stereocenters. The van der Waals surface area contributed by atoms with E-state index in [0.717, 1.165) is 66.2 Å². The van der Waals surface area contributed by atoms with E-state index in [1.165, 1.54) is 64.7 Å². The third-order valence-electron chi connectivity index (χ3n) is 8.46. The van der Waals surface area contributed by atoms with Crippen LogP contribution < -0.4 is 9.47 Å². The van der Waals surface area contributed by atoms with Crippen LogP contribution in [0, 0.1) is 11.8 Å². The number of piperidine rings is 2. The number of ether oxygens (including phenoxy) is 2. The van der Waals surface area contributed by atoms with E-state index in [1.54, 1.807) is 0 Å². The molecule has 3 heterocycles. The molecule has 0 N–H and O–H groups in total. The number of rotatable bonds is 12. The Bertz CT molecular complexity index is 1180. The summed E-state index contributed by atoms with van der Waals surface area (Å²) >= 11 is 6.07. The van der Waals surface area contributed by atoms with Crippen molar-refractivity contribution in [2.75, 3.05) is 46.9 Å². The van der Waals surface area contributed by atoms with Crippen LogP contribution >= 0.6 is 11.6 Å². The minimum atomic E-state index is 0.414. The number of hydrogen-bond acceptors (Lipinski definition) is 5. The molecule has 0 spiro atoms. The largest absolute Gasteiger partial charge is 0.491 e. The van der Waals surface area contributed by atoms with Gasteiger partial charge in [-0.1, -0.05) is 17.7 Å². The van der Waals surface area contributed by atoms with Crippen LogP contribution in [-0.4, -0.2) is 66.2 Å². The Hall–Kier alpha value is -2.28. The quantitative estimate of drug-likeness (QED) is 0.229. The molecule has 6 nitrogen and oxygen atoms in total. The Morgan fingerprint density at radius 3 is 2.26 bits per heavy atom. The summed E-state index contributed by atoms with van der Waals surface area (Å²) in [4.78, 5) is 10.0. The molecule has 0 aliphatic carbocycles. The van der Waals surface area contributed by atoms with Crippen LogP contribution in [0.5, 0.6) is 11.5 Å². The number of aryl methyl sites for hydroxylation is 1. The molecule has 0 radical (unpaired) electrons. The second kappa shape index (κ2) is 13.9. The molecule has 5 rings (SSSR count). The minimum Gasteiger partial charge on any atom is -0.491 e. The summed E-state index contributed by atoms with van der Waals surface area (Å²) < 4.78 is 14.8. The zero-order valence-corrected chi connectivity index (χ0v) is 24.5. The van der Waals surface area contributed by atoms with Gasteiger partial charge in [-0.2, -0.15) is 0 Å². The van der Waals surface area contributed by atoms with Gasteiger partial charge in [-0.05, 0) is 127 Å². The first-order valence-corrected chi connectivity index (χ1v) is 15.3. The maximum Gasteiger partial charge on any atom is 0.148 e. The zero-order chi connectivity index (χ0) is 27.0. The number of aromatic nitrogens is 2. The van der Waals surface area contributed by atoms with Gasteiger partial charge in [0, 0.05) is 24.7 Å². The van der Waals surface area contributed by atoms with Gasteiger partial charge in [0.05, 0.1) is 12.1 Å². The van der Waals surface area contributed by atoms with Crippen molar-refractivity contribution in [2.24, 2.45) is 11.8 Å². The Morgan fingerprint density at radius 1 is 0.872 bits per heavy atom. The Balaban J connectivity index is 1.26. The number of para-hydroxylation sites is 1. The van der Waals surface area contributed by atoms with Crippen LogP contribution in [0.25, 0.3) is 11.0 Å². The molecule has 212 valence electrons. The topological polar surface area (TPSA) is 42.8 Å². The van der Waals surface area contributed by atoms with Gasteiger partial charge in [0.2, 0.25) is 0 Å². The minimum absolute atomic E-state index is 0.414. The monoisotopic (exact) mass is 552 g/mol. The summed E-state index contributed by atoms with van der Waals surface area (Å²) in [5.74, 6) is 4.21. The zero-order valence-electron chi connectivity index (χ0n) is 23.8. The van der Waals surface area contributed by atoms with Gasteiger partial charge >= 0.3 is 0 Å². The molecule has 0 amide bonds. The molecule has 0 saturated carbocycles. The molecule has 2 aromatic carbocycles. The van der Waals surface area contributed by atoms with E-state index in [4.69, 9.17) is 26.1 Å². The van der Waals surface area contributed by atoms with Gasteiger partial charge in [0.25, 0.3) is 0 Å². The molecular weight excluding hydrogens is 508 g/mol. The molecule has 0 unspecified atom stereocenters. The molecule has 2 aliphatic rings. The van der Waals surface area contributed by atoms with E-state index in [9.17, 15) is 0 Å². The van der Waals surface area contributed by atoms with Gasteiger partial charge in [0.15, 0.2) is 0 Å². The lowest BCUT2D eigenvalue weighted by Crippen LogP contribution is -2.32. The number of imidazole rings is 1. The first-order chi connectivity index (χ1) is 19.0. The van der Waals surface area contributed by atoms with Crippen molar-refractivity contribution in [3.05, 3.63) is 53.3 Å². The highest BCUT2D eigenvalue weighted by Gasteiger charge is 2.20. The summed E-state index contributed by atoms with van der Waals surface area (Å²) in [5.41, 5.74) is 2.08. The maximum atomic E-state index is 6.34. The lowest BCUT2D eigenvalue weighted by Gasteiger charge is -2.29. The fraction of sp³-hybridized carbons (Fsp3) is 0.594. The molecule has 7 heteroatoms. The van der Waals surface area contributed by atoms with Crippen LogP contribution in [0.15, 0.2) is 42.5 Å². The van der Waals surface area contributed by atoms with Crippen molar-refractivity contribution >= 4 is 22.6 Å². The predicted octanol–water partition coefficient (Wildman–Crippen LogP) is 6.89. The molecule has 2 saturated heterocycles. The standard InChI is InChI=1S/C32H45ClN4O2/c1-35-18-4-8-25(22-35)10-6-20-37-29-12-3-13-30(38-21-7-11-26-9-5-19-36(2)23-26)32(29)34-31(37)24-39-28-16-14-27(33)15-17-28/h3,12-17,25-26H,4-11,18-24H2,1-2H3/t25-,26+/m0/s1. The van der Waals surface area contributed by atoms with Crippen LogP contribution in [0.1, 0.15) is 57.2 Å². The third-order valence-corrected chi connectivity index (χ3v) is 8.71. The van der Waals surface area contributed by atoms with Crippen molar-refractivity contribution in [1.29, 1.82) is 0 Å². The third kappa shape index (κ3) is 7.90. The van der Waals surface area contributed by atoms with Crippen LogP contribution in [0.4, 0.5) is 0 Å². The SMILES string of the molecule is CN1CCC[C@H](CCCOc2cccc3c2nc(COc2ccc(Cl)cc2)n3CCC[C@@H]2CCCN(C)C2)C1. The van der Waals surface area contributed by atoms with E-state index in [-0.39, 0.29) is 0 Å². The van der Waals surface area contributed by atoms with E-state index >= 15 is 0 Å². The van der Waals surface area contributed by atoms with Gasteiger partial charge in [-0.15, -0.1) is 0 Å². The fourth-order valence-corrected chi connectivity index (χ4v) is 6.56. The summed E-state index contributed by atoms with van der Waals surface area (Å²) in [6.45, 7) is 6.99. The molecule has 0 bridgehead atoms. The maximum absolute atomic E-state index is 6.34. The molecule has 39 heavy (non-hydrogen) atoms. The van der Waals surface area contributed by atoms with E-state index in [0.29, 0.717) is 11.6 Å². The second-order valence-electron chi connectivity index (χ2n) is 11.7. The normalized spacial score (nSPS) is 20.9. The van der Waals surface area contributed by atoms with Crippen molar-refractivity contribution in [3.63, 3.8) is 0 Å². The Labute approximate surface area is 239 Å². The highest BCUT2D eigenvalue weighted by molar-refractivity contribution is 6.30. The average Bonchev–Trinajstić information content (AvgIpc) is 3.29. The lowest BCUT2D eigenvalue weighted by atomic mass is 9.94. The predicted molar refractivity (Wildman–Crippen MR) is 160 cm³/mol. The highest BCUT2D eigenvalue weighted by Crippen LogP contribution is 2.29. The second-order valence-corrected chi connectivity index (χ2v) is 12.2. The first-order valence-electron chi connectivity index (χ1n) is 14.9.